The van der Waals surface area contributed by atoms with Gasteiger partial charge in [0.15, 0.2) is 0 Å². The molecule has 80 valence electrons. The van der Waals surface area contributed by atoms with Gasteiger partial charge in [0.2, 0.25) is 0 Å². The molecule has 0 saturated carbocycles. The molecule has 1 amide bonds. The Kier molecular flexibility index (Phi) is 8.67. The number of hydrogen-bond donors (Lipinski definition) is 1. The number of alkyl carbamates (subject to hydrolysis) is 1. The first-order valence-corrected chi connectivity index (χ1v) is 5.81. The van der Waals surface area contributed by atoms with Gasteiger partial charge in [0, 0.05) is 5.75 Å². The third-order valence-corrected chi connectivity index (χ3v) is 2.58. The first kappa shape index (κ1) is 13.4. The summed E-state index contributed by atoms with van der Waals surface area (Å²) in [5, 5.41) is 2.46. The van der Waals surface area contributed by atoms with Crippen molar-refractivity contribution in [2.24, 2.45) is 0 Å². The van der Waals surface area contributed by atoms with Gasteiger partial charge in [-0.25, -0.2) is 4.79 Å². The van der Waals surface area contributed by atoms with Gasteiger partial charge in [-0.3, -0.25) is 5.32 Å². The topological polar surface area (TPSA) is 38.3 Å². The summed E-state index contributed by atoms with van der Waals surface area (Å²) in [6, 6.07) is 0. The number of thiocarbonyl (C=S) groups is 1. The Bertz CT molecular complexity index is 207. The predicted octanol–water partition coefficient (Wildman–Crippen LogP) is 2.72. The van der Waals surface area contributed by atoms with Crippen LogP contribution in [-0.2, 0) is 4.74 Å². The standard InChI is InChI=1S/C9H15NO2S2/c1-3-5-7-14-9(13)10-8(11)12-6-4-2/h4H,2-3,5-7H2,1H3,(H,10,11,13). The maximum atomic E-state index is 11.0. The van der Waals surface area contributed by atoms with Crippen molar-refractivity contribution in [1.29, 1.82) is 0 Å². The molecule has 3 nitrogen and oxygen atoms in total. The van der Waals surface area contributed by atoms with Crippen LogP contribution in [0.15, 0.2) is 12.7 Å². The quantitative estimate of drug-likeness (QED) is 0.450. The lowest BCUT2D eigenvalue weighted by Crippen LogP contribution is -2.27. The molecular formula is C9H15NO2S2. The summed E-state index contributed by atoms with van der Waals surface area (Å²) in [5.74, 6) is 0.928. The van der Waals surface area contributed by atoms with Crippen molar-refractivity contribution in [3.8, 4) is 0 Å². The number of nitrogens with one attached hydrogen (secondary N) is 1. The smallest absolute Gasteiger partial charge is 0.412 e. The van der Waals surface area contributed by atoms with Crippen molar-refractivity contribution in [1.82, 2.24) is 5.32 Å². The molecule has 0 rings (SSSR count). The summed E-state index contributed by atoms with van der Waals surface area (Å²) < 4.78 is 5.16. The van der Waals surface area contributed by atoms with Crippen molar-refractivity contribution in [2.75, 3.05) is 12.4 Å². The molecule has 0 aromatic rings. The summed E-state index contributed by atoms with van der Waals surface area (Å²) in [7, 11) is 0. The van der Waals surface area contributed by atoms with E-state index < -0.39 is 6.09 Å². The Hall–Kier alpha value is -0.550. The summed E-state index contributed by atoms with van der Waals surface area (Å²) in [5.41, 5.74) is 0. The van der Waals surface area contributed by atoms with Gasteiger partial charge in [-0.2, -0.15) is 0 Å². The Labute approximate surface area is 94.3 Å². The van der Waals surface area contributed by atoms with Gasteiger partial charge >= 0.3 is 6.09 Å². The number of hydrogen-bond acceptors (Lipinski definition) is 4. The van der Waals surface area contributed by atoms with E-state index in [1.165, 1.54) is 17.8 Å². The lowest BCUT2D eigenvalue weighted by molar-refractivity contribution is 0.164. The first-order valence-electron chi connectivity index (χ1n) is 4.42. The molecule has 0 bridgehead atoms. The molecule has 0 aromatic carbocycles. The highest BCUT2D eigenvalue weighted by molar-refractivity contribution is 8.23. The first-order chi connectivity index (χ1) is 6.70. The maximum absolute atomic E-state index is 11.0. The molecule has 0 aliphatic carbocycles. The minimum absolute atomic E-state index is 0.202. The van der Waals surface area contributed by atoms with Crippen LogP contribution < -0.4 is 5.32 Å². The van der Waals surface area contributed by atoms with E-state index in [1.54, 1.807) is 0 Å². The second-order valence-electron chi connectivity index (χ2n) is 2.50. The largest absolute Gasteiger partial charge is 0.445 e. The number of carbonyl (C=O) groups is 1. The Morgan fingerprint density at radius 2 is 2.43 bits per heavy atom. The molecule has 0 atom stereocenters. The van der Waals surface area contributed by atoms with Crippen molar-refractivity contribution >= 4 is 34.4 Å². The van der Waals surface area contributed by atoms with Gasteiger partial charge in [-0.1, -0.05) is 50.0 Å². The number of rotatable bonds is 5. The average Bonchev–Trinajstić information content (AvgIpc) is 2.15. The van der Waals surface area contributed by atoms with Gasteiger partial charge < -0.3 is 4.74 Å². The second kappa shape index (κ2) is 9.02. The molecule has 0 unspecified atom stereocenters. The highest BCUT2D eigenvalue weighted by Crippen LogP contribution is 2.05. The third-order valence-electron chi connectivity index (χ3n) is 1.27. The van der Waals surface area contributed by atoms with Crippen molar-refractivity contribution < 1.29 is 9.53 Å². The molecule has 0 aliphatic rings. The summed E-state index contributed by atoms with van der Waals surface area (Å²) in [4.78, 5) is 11.0. The van der Waals surface area contributed by atoms with E-state index in [1.807, 2.05) is 0 Å². The molecule has 0 heterocycles. The van der Waals surface area contributed by atoms with Crippen molar-refractivity contribution in [2.45, 2.75) is 19.8 Å². The minimum Gasteiger partial charge on any atom is -0.445 e. The fourth-order valence-corrected chi connectivity index (χ4v) is 1.71. The van der Waals surface area contributed by atoms with Crippen LogP contribution in [0.1, 0.15) is 19.8 Å². The fraction of sp³-hybridized carbons (Fsp3) is 0.556. The van der Waals surface area contributed by atoms with Crippen molar-refractivity contribution in [3.63, 3.8) is 0 Å². The Balaban J connectivity index is 3.50. The molecule has 0 aliphatic heterocycles. The van der Waals surface area contributed by atoms with Gasteiger partial charge in [0.1, 0.15) is 10.9 Å². The van der Waals surface area contributed by atoms with E-state index in [9.17, 15) is 4.79 Å². The lowest BCUT2D eigenvalue weighted by Gasteiger charge is -2.05. The molecule has 0 aromatic heterocycles. The van der Waals surface area contributed by atoms with Gasteiger partial charge in [0.05, 0.1) is 0 Å². The van der Waals surface area contributed by atoms with Crippen LogP contribution in [0.5, 0.6) is 0 Å². The molecule has 0 saturated heterocycles. The maximum Gasteiger partial charge on any atom is 0.412 e. The summed E-state index contributed by atoms with van der Waals surface area (Å²) in [6.07, 6.45) is 3.20. The fourth-order valence-electron chi connectivity index (χ4n) is 0.599. The second-order valence-corrected chi connectivity index (χ2v) is 4.27. The van der Waals surface area contributed by atoms with Crippen LogP contribution in [0, 0.1) is 0 Å². The number of thioether (sulfide) groups is 1. The van der Waals surface area contributed by atoms with E-state index in [0.29, 0.717) is 4.32 Å². The zero-order valence-electron chi connectivity index (χ0n) is 8.25. The highest BCUT2D eigenvalue weighted by atomic mass is 32.2. The van der Waals surface area contributed by atoms with Crippen LogP contribution in [0.25, 0.3) is 0 Å². The van der Waals surface area contributed by atoms with Crippen LogP contribution in [-0.4, -0.2) is 22.8 Å². The normalized spacial score (nSPS) is 9.21. The van der Waals surface area contributed by atoms with E-state index >= 15 is 0 Å². The minimum atomic E-state index is -0.515. The molecule has 0 fully saturated rings. The molecular weight excluding hydrogens is 218 g/mol. The van der Waals surface area contributed by atoms with Crippen LogP contribution >= 0.6 is 24.0 Å². The van der Waals surface area contributed by atoms with Crippen LogP contribution in [0.2, 0.25) is 0 Å². The Morgan fingerprint density at radius 3 is 3.00 bits per heavy atom. The third kappa shape index (κ3) is 8.07. The van der Waals surface area contributed by atoms with E-state index in [-0.39, 0.29) is 6.61 Å². The Morgan fingerprint density at radius 1 is 1.71 bits per heavy atom. The molecule has 0 spiro atoms. The molecule has 5 heteroatoms. The molecule has 14 heavy (non-hydrogen) atoms. The molecule has 0 radical (unpaired) electrons. The molecule has 1 N–H and O–H groups in total. The summed E-state index contributed by atoms with van der Waals surface area (Å²) >= 11 is 6.38. The number of ether oxygens (including phenoxy) is 1. The van der Waals surface area contributed by atoms with Gasteiger partial charge in [0.25, 0.3) is 0 Å². The van der Waals surface area contributed by atoms with E-state index in [2.05, 4.69) is 18.8 Å². The van der Waals surface area contributed by atoms with Crippen LogP contribution in [0.4, 0.5) is 4.79 Å². The lowest BCUT2D eigenvalue weighted by atomic mass is 10.4. The van der Waals surface area contributed by atoms with Crippen LogP contribution in [0.3, 0.4) is 0 Å². The zero-order chi connectivity index (χ0) is 10.8. The van der Waals surface area contributed by atoms with E-state index in [4.69, 9.17) is 17.0 Å². The number of unbranched alkanes of at least 4 members (excludes halogenated alkanes) is 1. The number of carbonyl (C=O) groups excluding carboxylic acids is 1. The zero-order valence-corrected chi connectivity index (χ0v) is 9.88. The van der Waals surface area contributed by atoms with Crippen molar-refractivity contribution in [3.05, 3.63) is 12.7 Å². The summed E-state index contributed by atoms with van der Waals surface area (Å²) in [6.45, 7) is 5.74. The highest BCUT2D eigenvalue weighted by Gasteiger charge is 2.04. The average molecular weight is 233 g/mol. The predicted molar refractivity (Wildman–Crippen MR) is 64.6 cm³/mol. The number of amides is 1. The van der Waals surface area contributed by atoms with Gasteiger partial charge in [-0.05, 0) is 6.42 Å². The van der Waals surface area contributed by atoms with Gasteiger partial charge in [-0.15, -0.1) is 0 Å². The van der Waals surface area contributed by atoms with E-state index in [0.717, 1.165) is 18.6 Å². The SMILES string of the molecule is C=CCOC(=O)NC(=S)SCCCC. The monoisotopic (exact) mass is 233 g/mol.